The predicted molar refractivity (Wildman–Crippen MR) is 80.5 cm³/mol. The molecular formula is C15H22BrFN2. The van der Waals surface area contributed by atoms with Crippen molar-refractivity contribution in [2.45, 2.75) is 38.8 Å². The molecule has 1 aromatic rings. The van der Waals surface area contributed by atoms with E-state index in [2.05, 4.69) is 34.7 Å². The Morgan fingerprint density at radius 3 is 2.79 bits per heavy atom. The highest BCUT2D eigenvalue weighted by molar-refractivity contribution is 9.10. The van der Waals surface area contributed by atoms with Gasteiger partial charge in [0, 0.05) is 12.1 Å². The van der Waals surface area contributed by atoms with E-state index in [1.807, 2.05) is 12.1 Å². The van der Waals surface area contributed by atoms with Crippen LogP contribution in [0, 0.1) is 11.7 Å². The van der Waals surface area contributed by atoms with Crippen molar-refractivity contribution in [3.8, 4) is 0 Å². The van der Waals surface area contributed by atoms with Gasteiger partial charge in [-0.15, -0.1) is 0 Å². The maximum atomic E-state index is 13.4. The molecule has 19 heavy (non-hydrogen) atoms. The van der Waals surface area contributed by atoms with Crippen molar-refractivity contribution >= 4 is 15.9 Å². The highest BCUT2D eigenvalue weighted by Gasteiger charge is 2.33. The number of benzene rings is 1. The van der Waals surface area contributed by atoms with Gasteiger partial charge in [0.25, 0.3) is 0 Å². The van der Waals surface area contributed by atoms with Crippen LogP contribution >= 0.6 is 15.9 Å². The number of likely N-dealkylation sites (tertiary alicyclic amines) is 1. The second-order valence-corrected chi connectivity index (χ2v) is 6.44. The first kappa shape index (κ1) is 14.9. The first-order valence-electron chi connectivity index (χ1n) is 6.95. The monoisotopic (exact) mass is 328 g/mol. The van der Waals surface area contributed by atoms with Gasteiger partial charge >= 0.3 is 0 Å². The molecule has 0 radical (unpaired) electrons. The Bertz CT molecular complexity index is 436. The average molecular weight is 329 g/mol. The molecule has 2 unspecified atom stereocenters. The van der Waals surface area contributed by atoms with Crippen LogP contribution in [0.25, 0.3) is 0 Å². The normalized spacial score (nSPS) is 24.9. The van der Waals surface area contributed by atoms with Crippen LogP contribution in [0.1, 0.15) is 38.3 Å². The molecule has 4 heteroatoms. The summed E-state index contributed by atoms with van der Waals surface area (Å²) in [6, 6.07) is 6.12. The molecule has 0 saturated carbocycles. The van der Waals surface area contributed by atoms with Crippen LogP contribution in [0.2, 0.25) is 0 Å². The molecule has 2 nitrogen and oxygen atoms in total. The molecule has 1 aromatic carbocycles. The van der Waals surface area contributed by atoms with Crippen LogP contribution in [0.3, 0.4) is 0 Å². The van der Waals surface area contributed by atoms with Gasteiger partial charge in [0.05, 0.1) is 4.47 Å². The van der Waals surface area contributed by atoms with Crippen LogP contribution in [-0.4, -0.2) is 24.0 Å². The first-order chi connectivity index (χ1) is 9.04. The number of halogens is 2. The highest BCUT2D eigenvalue weighted by Crippen LogP contribution is 2.37. The summed E-state index contributed by atoms with van der Waals surface area (Å²) in [5.41, 5.74) is 7.11. The molecular weight excluding hydrogens is 307 g/mol. The van der Waals surface area contributed by atoms with Crippen molar-refractivity contribution in [1.29, 1.82) is 0 Å². The van der Waals surface area contributed by atoms with Gasteiger partial charge in [0.1, 0.15) is 5.82 Å². The van der Waals surface area contributed by atoms with E-state index in [4.69, 9.17) is 5.73 Å². The zero-order chi connectivity index (χ0) is 14.0. The van der Waals surface area contributed by atoms with E-state index in [0.717, 1.165) is 18.5 Å². The van der Waals surface area contributed by atoms with Crippen LogP contribution < -0.4 is 5.73 Å². The fraction of sp³-hybridized carbons (Fsp3) is 0.600. The van der Waals surface area contributed by atoms with Crippen molar-refractivity contribution in [1.82, 2.24) is 4.90 Å². The number of piperidine rings is 1. The van der Waals surface area contributed by atoms with Gasteiger partial charge in [0.15, 0.2) is 0 Å². The molecule has 0 bridgehead atoms. The molecule has 106 valence electrons. The Labute approximate surface area is 123 Å². The smallest absolute Gasteiger partial charge is 0.137 e. The lowest BCUT2D eigenvalue weighted by Gasteiger charge is -2.43. The fourth-order valence-corrected chi connectivity index (χ4v) is 3.49. The summed E-state index contributed by atoms with van der Waals surface area (Å²) in [4.78, 5) is 2.49. The molecule has 1 aliphatic heterocycles. The topological polar surface area (TPSA) is 29.3 Å². The first-order valence-corrected chi connectivity index (χ1v) is 7.74. The molecule has 1 saturated heterocycles. The minimum absolute atomic E-state index is 0.208. The van der Waals surface area contributed by atoms with Crippen molar-refractivity contribution in [2.75, 3.05) is 13.1 Å². The largest absolute Gasteiger partial charge is 0.330 e. The Kier molecular flexibility index (Phi) is 4.98. The maximum absolute atomic E-state index is 13.4. The van der Waals surface area contributed by atoms with Gasteiger partial charge in [-0.25, -0.2) is 4.39 Å². The molecule has 0 spiro atoms. The molecule has 0 aliphatic carbocycles. The maximum Gasteiger partial charge on any atom is 0.137 e. The van der Waals surface area contributed by atoms with Gasteiger partial charge < -0.3 is 5.73 Å². The quantitative estimate of drug-likeness (QED) is 0.916. The van der Waals surface area contributed by atoms with E-state index < -0.39 is 0 Å². The average Bonchev–Trinajstić information content (AvgIpc) is 2.41. The summed E-state index contributed by atoms with van der Waals surface area (Å²) in [7, 11) is 0. The lowest BCUT2D eigenvalue weighted by molar-refractivity contribution is 0.0664. The minimum Gasteiger partial charge on any atom is -0.330 e. The lowest BCUT2D eigenvalue weighted by atomic mass is 9.84. The number of nitrogens with zero attached hydrogens (tertiary/aromatic N) is 1. The molecule has 1 aliphatic rings. The molecule has 0 aromatic heterocycles. The van der Waals surface area contributed by atoms with E-state index in [0.29, 0.717) is 29.0 Å². The minimum atomic E-state index is -0.208. The summed E-state index contributed by atoms with van der Waals surface area (Å²) in [6.45, 7) is 6.20. The zero-order valence-electron chi connectivity index (χ0n) is 11.6. The Balaban J connectivity index is 2.36. The van der Waals surface area contributed by atoms with E-state index in [1.54, 1.807) is 6.07 Å². The fourth-order valence-electron chi connectivity index (χ4n) is 3.09. The van der Waals surface area contributed by atoms with Crippen LogP contribution in [0.15, 0.2) is 22.7 Å². The lowest BCUT2D eigenvalue weighted by Crippen LogP contribution is -2.44. The van der Waals surface area contributed by atoms with Crippen molar-refractivity contribution < 1.29 is 4.39 Å². The second-order valence-electron chi connectivity index (χ2n) is 5.59. The summed E-state index contributed by atoms with van der Waals surface area (Å²) >= 11 is 3.29. The Morgan fingerprint density at radius 2 is 2.21 bits per heavy atom. The molecule has 2 atom stereocenters. The number of hydrogen-bond acceptors (Lipinski definition) is 2. The third kappa shape index (κ3) is 3.18. The summed E-state index contributed by atoms with van der Waals surface area (Å²) in [5, 5.41) is 0. The van der Waals surface area contributed by atoms with Crippen molar-refractivity contribution in [3.63, 3.8) is 0 Å². The van der Waals surface area contributed by atoms with E-state index >= 15 is 0 Å². The van der Waals surface area contributed by atoms with Gasteiger partial charge in [-0.1, -0.05) is 6.07 Å². The van der Waals surface area contributed by atoms with Crippen LogP contribution in [-0.2, 0) is 0 Å². The van der Waals surface area contributed by atoms with E-state index in [1.165, 1.54) is 6.42 Å². The third-order valence-corrected chi connectivity index (χ3v) is 4.65. The van der Waals surface area contributed by atoms with Gasteiger partial charge in [0.2, 0.25) is 0 Å². The van der Waals surface area contributed by atoms with Gasteiger partial charge in [-0.05, 0) is 79.3 Å². The van der Waals surface area contributed by atoms with Gasteiger partial charge in [-0.2, -0.15) is 0 Å². The summed E-state index contributed by atoms with van der Waals surface area (Å²) < 4.78 is 14.0. The molecule has 1 heterocycles. The zero-order valence-corrected chi connectivity index (χ0v) is 13.2. The second kappa shape index (κ2) is 6.33. The Hall–Kier alpha value is -0.450. The van der Waals surface area contributed by atoms with Crippen LogP contribution in [0.5, 0.6) is 0 Å². The molecule has 2 rings (SSSR count). The molecule has 2 N–H and O–H groups in total. The predicted octanol–water partition coefficient (Wildman–Crippen LogP) is 3.71. The summed E-state index contributed by atoms with van der Waals surface area (Å²) in [5.74, 6) is 0.244. The van der Waals surface area contributed by atoms with Crippen molar-refractivity contribution in [3.05, 3.63) is 34.1 Å². The number of hydrogen-bond donors (Lipinski definition) is 1. The summed E-state index contributed by atoms with van der Waals surface area (Å²) in [6.07, 6.45) is 2.35. The Morgan fingerprint density at radius 1 is 1.47 bits per heavy atom. The standard InChI is InChI=1S/C15H22BrFN2/c1-10(2)19-7-3-4-12(9-18)15(19)11-5-6-14(17)13(16)8-11/h5-6,8,10,12,15H,3-4,7,9,18H2,1-2H3. The number of nitrogens with two attached hydrogens (primary N) is 1. The van der Waals surface area contributed by atoms with Gasteiger partial charge in [-0.3, -0.25) is 4.90 Å². The molecule has 1 fully saturated rings. The van der Waals surface area contributed by atoms with E-state index in [-0.39, 0.29) is 5.82 Å². The van der Waals surface area contributed by atoms with Crippen LogP contribution in [0.4, 0.5) is 4.39 Å². The highest BCUT2D eigenvalue weighted by atomic mass is 79.9. The third-order valence-electron chi connectivity index (χ3n) is 4.05. The van der Waals surface area contributed by atoms with Crippen molar-refractivity contribution in [2.24, 2.45) is 11.7 Å². The molecule has 0 amide bonds. The SMILES string of the molecule is CC(C)N1CCCC(CN)C1c1ccc(F)c(Br)c1. The number of rotatable bonds is 3. The van der Waals surface area contributed by atoms with E-state index in [9.17, 15) is 4.39 Å².